The molecule has 0 radical (unpaired) electrons. The predicted molar refractivity (Wildman–Crippen MR) is 61.5 cm³/mol. The lowest BCUT2D eigenvalue weighted by Crippen LogP contribution is -2.51. The molecule has 5 nitrogen and oxygen atoms in total. The summed E-state index contributed by atoms with van der Waals surface area (Å²) in [5, 5.41) is 9.16. The molecular formula is C11H16FN3O2. The van der Waals surface area contributed by atoms with E-state index < -0.39 is 17.3 Å². The summed E-state index contributed by atoms with van der Waals surface area (Å²) in [6.07, 6.45) is 1.23. The van der Waals surface area contributed by atoms with Crippen LogP contribution in [-0.4, -0.2) is 33.1 Å². The van der Waals surface area contributed by atoms with Crippen molar-refractivity contribution >= 4 is 11.8 Å². The van der Waals surface area contributed by atoms with E-state index in [4.69, 9.17) is 5.11 Å². The Morgan fingerprint density at radius 2 is 2.12 bits per heavy atom. The highest BCUT2D eigenvalue weighted by atomic mass is 19.1. The first-order chi connectivity index (χ1) is 7.82. The van der Waals surface area contributed by atoms with Crippen molar-refractivity contribution in [3.63, 3.8) is 0 Å². The minimum absolute atomic E-state index is 0.0207. The molecule has 0 amide bonds. The van der Waals surface area contributed by atoms with Crippen molar-refractivity contribution in [3.05, 3.63) is 17.8 Å². The van der Waals surface area contributed by atoms with E-state index in [9.17, 15) is 9.18 Å². The van der Waals surface area contributed by atoms with Crippen LogP contribution in [0.5, 0.6) is 0 Å². The molecule has 0 bridgehead atoms. The Labute approximate surface area is 99.3 Å². The fourth-order valence-electron chi connectivity index (χ4n) is 1.56. The summed E-state index contributed by atoms with van der Waals surface area (Å²) < 4.78 is 13.9. The van der Waals surface area contributed by atoms with E-state index in [1.165, 1.54) is 32.0 Å². The Morgan fingerprint density at radius 1 is 1.53 bits per heavy atom. The standard InChI is InChI=1S/C11H16FN3O2/c1-5-15(11(3,4)10(16)17)9-8(12)7(2)13-6-14-9/h6H,5H2,1-4H3,(H,16,17). The van der Waals surface area contributed by atoms with E-state index >= 15 is 0 Å². The van der Waals surface area contributed by atoms with Gasteiger partial charge < -0.3 is 10.0 Å². The van der Waals surface area contributed by atoms with Crippen LogP contribution in [0.2, 0.25) is 0 Å². The van der Waals surface area contributed by atoms with E-state index in [1.807, 2.05) is 0 Å². The van der Waals surface area contributed by atoms with Gasteiger partial charge in [0, 0.05) is 6.54 Å². The minimum Gasteiger partial charge on any atom is -0.480 e. The van der Waals surface area contributed by atoms with Gasteiger partial charge in [0.05, 0.1) is 5.69 Å². The van der Waals surface area contributed by atoms with Crippen LogP contribution in [0.15, 0.2) is 6.33 Å². The van der Waals surface area contributed by atoms with Gasteiger partial charge in [0.15, 0.2) is 11.6 Å². The molecule has 0 aliphatic rings. The molecule has 0 aliphatic heterocycles. The second-order valence-corrected chi connectivity index (χ2v) is 4.21. The molecule has 0 saturated heterocycles. The van der Waals surface area contributed by atoms with Gasteiger partial charge in [-0.3, -0.25) is 0 Å². The summed E-state index contributed by atoms with van der Waals surface area (Å²) >= 11 is 0. The molecule has 0 fully saturated rings. The number of likely N-dealkylation sites (N-methyl/N-ethyl adjacent to an activating group) is 1. The van der Waals surface area contributed by atoms with E-state index in [2.05, 4.69) is 9.97 Å². The van der Waals surface area contributed by atoms with Crippen LogP contribution in [0.3, 0.4) is 0 Å². The fourth-order valence-corrected chi connectivity index (χ4v) is 1.56. The van der Waals surface area contributed by atoms with Gasteiger partial charge in [-0.2, -0.15) is 0 Å². The SMILES string of the molecule is CCN(c1ncnc(C)c1F)C(C)(C)C(=O)O. The van der Waals surface area contributed by atoms with E-state index in [0.29, 0.717) is 6.54 Å². The summed E-state index contributed by atoms with van der Waals surface area (Å²) in [5.41, 5.74) is -1.02. The number of hydrogen-bond donors (Lipinski definition) is 1. The third-order valence-corrected chi connectivity index (χ3v) is 2.72. The van der Waals surface area contributed by atoms with Crippen LogP contribution in [0, 0.1) is 12.7 Å². The number of aryl methyl sites for hydroxylation is 1. The first-order valence-corrected chi connectivity index (χ1v) is 5.30. The number of halogens is 1. The summed E-state index contributed by atoms with van der Waals surface area (Å²) in [6.45, 7) is 6.63. The molecule has 0 saturated carbocycles. The molecule has 1 heterocycles. The van der Waals surface area contributed by atoms with Crippen molar-refractivity contribution in [2.75, 3.05) is 11.4 Å². The average molecular weight is 241 g/mol. The highest BCUT2D eigenvalue weighted by Gasteiger charge is 2.36. The smallest absolute Gasteiger partial charge is 0.329 e. The van der Waals surface area contributed by atoms with Crippen molar-refractivity contribution in [2.24, 2.45) is 0 Å². The number of carbonyl (C=O) groups is 1. The third kappa shape index (κ3) is 2.35. The van der Waals surface area contributed by atoms with Crippen LogP contribution < -0.4 is 4.90 Å². The molecule has 1 aromatic heterocycles. The quantitative estimate of drug-likeness (QED) is 0.867. The van der Waals surface area contributed by atoms with Crippen molar-refractivity contribution in [1.82, 2.24) is 9.97 Å². The van der Waals surface area contributed by atoms with Crippen LogP contribution in [0.25, 0.3) is 0 Å². The Bertz CT molecular complexity index is 435. The molecule has 0 unspecified atom stereocenters. The number of anilines is 1. The summed E-state index contributed by atoms with van der Waals surface area (Å²) in [7, 11) is 0. The highest BCUT2D eigenvalue weighted by molar-refractivity contribution is 5.82. The van der Waals surface area contributed by atoms with Gasteiger partial charge in [-0.05, 0) is 27.7 Å². The highest BCUT2D eigenvalue weighted by Crippen LogP contribution is 2.25. The van der Waals surface area contributed by atoms with Crippen LogP contribution >= 0.6 is 0 Å². The molecule has 94 valence electrons. The maximum atomic E-state index is 13.9. The second kappa shape index (κ2) is 4.65. The lowest BCUT2D eigenvalue weighted by Gasteiger charge is -2.35. The van der Waals surface area contributed by atoms with Gasteiger partial charge in [0.1, 0.15) is 11.9 Å². The Morgan fingerprint density at radius 3 is 2.59 bits per heavy atom. The van der Waals surface area contributed by atoms with Gasteiger partial charge in [-0.1, -0.05) is 0 Å². The van der Waals surface area contributed by atoms with Crippen molar-refractivity contribution in [2.45, 2.75) is 33.2 Å². The van der Waals surface area contributed by atoms with Gasteiger partial charge >= 0.3 is 5.97 Å². The first kappa shape index (κ1) is 13.3. The topological polar surface area (TPSA) is 66.3 Å². The lowest BCUT2D eigenvalue weighted by atomic mass is 10.0. The monoisotopic (exact) mass is 241 g/mol. The summed E-state index contributed by atoms with van der Waals surface area (Å²) in [5.74, 6) is -1.59. The van der Waals surface area contributed by atoms with Gasteiger partial charge in [-0.15, -0.1) is 0 Å². The number of hydrogen-bond acceptors (Lipinski definition) is 4. The summed E-state index contributed by atoms with van der Waals surface area (Å²) in [6, 6.07) is 0. The predicted octanol–water partition coefficient (Wildman–Crippen LogP) is 1.61. The molecule has 0 aliphatic carbocycles. The van der Waals surface area contributed by atoms with Crippen molar-refractivity contribution < 1.29 is 14.3 Å². The van der Waals surface area contributed by atoms with Gasteiger partial charge in [0.25, 0.3) is 0 Å². The number of aliphatic carboxylic acids is 1. The zero-order valence-corrected chi connectivity index (χ0v) is 10.4. The number of aromatic nitrogens is 2. The van der Waals surface area contributed by atoms with Crippen molar-refractivity contribution in [3.8, 4) is 0 Å². The molecule has 6 heteroatoms. The first-order valence-electron chi connectivity index (χ1n) is 5.30. The zero-order valence-electron chi connectivity index (χ0n) is 10.4. The normalized spacial score (nSPS) is 11.4. The zero-order chi connectivity index (χ0) is 13.2. The second-order valence-electron chi connectivity index (χ2n) is 4.21. The third-order valence-electron chi connectivity index (χ3n) is 2.72. The Hall–Kier alpha value is -1.72. The molecular weight excluding hydrogens is 225 g/mol. The number of carboxylic acids is 1. The fraction of sp³-hybridized carbons (Fsp3) is 0.545. The average Bonchev–Trinajstić information content (AvgIpc) is 2.24. The molecule has 17 heavy (non-hydrogen) atoms. The van der Waals surface area contributed by atoms with E-state index in [1.54, 1.807) is 6.92 Å². The molecule has 1 rings (SSSR count). The molecule has 0 atom stereocenters. The largest absolute Gasteiger partial charge is 0.480 e. The molecule has 1 N–H and O–H groups in total. The lowest BCUT2D eigenvalue weighted by molar-refractivity contribution is -0.142. The maximum absolute atomic E-state index is 13.9. The molecule has 0 spiro atoms. The van der Waals surface area contributed by atoms with Crippen molar-refractivity contribution in [1.29, 1.82) is 0 Å². The number of rotatable bonds is 4. The molecule has 1 aromatic rings. The number of nitrogens with zero attached hydrogens (tertiary/aromatic N) is 3. The van der Waals surface area contributed by atoms with Gasteiger partial charge in [0.2, 0.25) is 0 Å². The van der Waals surface area contributed by atoms with Crippen LogP contribution in [-0.2, 0) is 4.79 Å². The van der Waals surface area contributed by atoms with E-state index in [0.717, 1.165) is 0 Å². The van der Waals surface area contributed by atoms with Crippen LogP contribution in [0.1, 0.15) is 26.5 Å². The van der Waals surface area contributed by atoms with E-state index in [-0.39, 0.29) is 11.5 Å². The van der Waals surface area contributed by atoms with Gasteiger partial charge in [-0.25, -0.2) is 19.2 Å². The minimum atomic E-state index is -1.23. The molecule has 0 aromatic carbocycles. The Kier molecular flexibility index (Phi) is 3.65. The Balaban J connectivity index is 3.28. The summed E-state index contributed by atoms with van der Waals surface area (Å²) in [4.78, 5) is 20.1. The maximum Gasteiger partial charge on any atom is 0.329 e. The number of carboxylic acid groups (broad SMARTS) is 1. The van der Waals surface area contributed by atoms with Crippen LogP contribution in [0.4, 0.5) is 10.2 Å².